The van der Waals surface area contributed by atoms with Gasteiger partial charge in [-0.2, -0.15) is 0 Å². The smallest absolute Gasteiger partial charge is 0.277 e. The molecule has 0 saturated carbocycles. The number of nitrogens with zero attached hydrogens (tertiary/aromatic N) is 3. The fourth-order valence-electron chi connectivity index (χ4n) is 1.90. The standard InChI is InChI=1S/C16H15N5O2/c1-10-3-5-12(6-4-10)19-15-9-17-13(8-18-15)16(22)20-14-7-11(2)23-21-14/h3-9H,1-2H3,(H,18,19)(H,20,21,22). The second kappa shape index (κ2) is 6.27. The Labute approximate surface area is 132 Å². The van der Waals surface area contributed by atoms with Crippen LogP contribution in [0.15, 0.2) is 47.2 Å². The first-order valence-corrected chi connectivity index (χ1v) is 7.00. The van der Waals surface area contributed by atoms with Crippen LogP contribution in [0, 0.1) is 13.8 Å². The zero-order chi connectivity index (χ0) is 16.2. The zero-order valence-electron chi connectivity index (χ0n) is 12.7. The van der Waals surface area contributed by atoms with Crippen molar-refractivity contribution in [1.29, 1.82) is 0 Å². The molecule has 23 heavy (non-hydrogen) atoms. The van der Waals surface area contributed by atoms with Crippen molar-refractivity contribution in [1.82, 2.24) is 15.1 Å². The van der Waals surface area contributed by atoms with Crippen LogP contribution in [0.4, 0.5) is 17.3 Å². The molecule has 0 fully saturated rings. The lowest BCUT2D eigenvalue weighted by Gasteiger charge is -2.06. The van der Waals surface area contributed by atoms with Crippen LogP contribution in [0.2, 0.25) is 0 Å². The van der Waals surface area contributed by atoms with Gasteiger partial charge in [-0.05, 0) is 26.0 Å². The van der Waals surface area contributed by atoms with Gasteiger partial charge in [-0.1, -0.05) is 22.9 Å². The number of anilines is 3. The molecule has 0 bridgehead atoms. The van der Waals surface area contributed by atoms with E-state index in [1.165, 1.54) is 18.0 Å². The highest BCUT2D eigenvalue weighted by Crippen LogP contribution is 2.14. The highest BCUT2D eigenvalue weighted by Gasteiger charge is 2.11. The van der Waals surface area contributed by atoms with Gasteiger partial charge < -0.3 is 15.2 Å². The summed E-state index contributed by atoms with van der Waals surface area (Å²) in [6.45, 7) is 3.77. The number of aryl methyl sites for hydroxylation is 2. The summed E-state index contributed by atoms with van der Waals surface area (Å²) in [7, 11) is 0. The van der Waals surface area contributed by atoms with Crippen molar-refractivity contribution in [3.8, 4) is 0 Å². The molecule has 0 unspecified atom stereocenters. The Morgan fingerprint density at radius 1 is 1.04 bits per heavy atom. The topological polar surface area (TPSA) is 92.9 Å². The van der Waals surface area contributed by atoms with Gasteiger partial charge in [0, 0.05) is 11.8 Å². The van der Waals surface area contributed by atoms with E-state index < -0.39 is 5.91 Å². The number of hydrogen-bond acceptors (Lipinski definition) is 6. The Morgan fingerprint density at radius 2 is 1.83 bits per heavy atom. The maximum atomic E-state index is 12.0. The first-order valence-electron chi connectivity index (χ1n) is 7.00. The number of hydrogen-bond donors (Lipinski definition) is 2. The van der Waals surface area contributed by atoms with Crippen LogP contribution in [0.3, 0.4) is 0 Å². The molecule has 0 radical (unpaired) electrons. The Bertz CT molecular complexity index is 809. The van der Waals surface area contributed by atoms with Crippen LogP contribution in [0.5, 0.6) is 0 Å². The highest BCUT2D eigenvalue weighted by molar-refractivity contribution is 6.02. The number of aromatic nitrogens is 3. The Balaban J connectivity index is 1.66. The summed E-state index contributed by atoms with van der Waals surface area (Å²) in [4.78, 5) is 20.3. The van der Waals surface area contributed by atoms with Crippen LogP contribution >= 0.6 is 0 Å². The Hall–Kier alpha value is -3.22. The van der Waals surface area contributed by atoms with Gasteiger partial charge in [0.1, 0.15) is 17.3 Å². The molecule has 2 N–H and O–H groups in total. The lowest BCUT2D eigenvalue weighted by molar-refractivity contribution is 0.102. The number of amides is 1. The summed E-state index contributed by atoms with van der Waals surface area (Å²) in [6, 6.07) is 9.52. The van der Waals surface area contributed by atoms with E-state index >= 15 is 0 Å². The van der Waals surface area contributed by atoms with Crippen LogP contribution in [-0.2, 0) is 0 Å². The molecule has 1 aromatic carbocycles. The van der Waals surface area contributed by atoms with Crippen LogP contribution in [0.1, 0.15) is 21.8 Å². The molecule has 1 amide bonds. The molecule has 3 rings (SSSR count). The number of carbonyl (C=O) groups excluding carboxylic acids is 1. The van der Waals surface area contributed by atoms with Gasteiger partial charge in [0.2, 0.25) is 0 Å². The van der Waals surface area contributed by atoms with E-state index in [2.05, 4.69) is 25.8 Å². The molecule has 116 valence electrons. The fourth-order valence-corrected chi connectivity index (χ4v) is 1.90. The van der Waals surface area contributed by atoms with E-state index in [4.69, 9.17) is 4.52 Å². The lowest BCUT2D eigenvalue weighted by Crippen LogP contribution is -2.14. The van der Waals surface area contributed by atoms with Crippen LogP contribution < -0.4 is 10.6 Å². The molecular weight excluding hydrogens is 294 g/mol. The lowest BCUT2D eigenvalue weighted by atomic mass is 10.2. The Morgan fingerprint density at radius 3 is 2.43 bits per heavy atom. The monoisotopic (exact) mass is 309 g/mol. The maximum Gasteiger partial charge on any atom is 0.277 e. The van der Waals surface area contributed by atoms with E-state index in [0.717, 1.165) is 5.69 Å². The maximum absolute atomic E-state index is 12.0. The van der Waals surface area contributed by atoms with Gasteiger partial charge in [-0.15, -0.1) is 0 Å². The molecule has 0 aliphatic heterocycles. The first kappa shape index (κ1) is 14.7. The zero-order valence-corrected chi connectivity index (χ0v) is 12.7. The molecule has 7 heteroatoms. The number of carbonyl (C=O) groups is 1. The molecule has 3 aromatic rings. The molecular formula is C16H15N5O2. The molecule has 0 aliphatic carbocycles. The predicted octanol–water partition coefficient (Wildman–Crippen LogP) is 3.08. The van der Waals surface area contributed by atoms with Crippen molar-refractivity contribution in [2.75, 3.05) is 10.6 Å². The summed E-state index contributed by atoms with van der Waals surface area (Å²) in [5.41, 5.74) is 2.28. The highest BCUT2D eigenvalue weighted by atomic mass is 16.5. The van der Waals surface area contributed by atoms with Crippen molar-refractivity contribution in [2.45, 2.75) is 13.8 Å². The average Bonchev–Trinajstić information content (AvgIpc) is 2.95. The van der Waals surface area contributed by atoms with Gasteiger partial charge in [-0.25, -0.2) is 9.97 Å². The predicted molar refractivity (Wildman–Crippen MR) is 85.7 cm³/mol. The van der Waals surface area contributed by atoms with Gasteiger partial charge in [0.15, 0.2) is 5.82 Å². The normalized spacial score (nSPS) is 10.3. The van der Waals surface area contributed by atoms with E-state index in [0.29, 0.717) is 17.4 Å². The van der Waals surface area contributed by atoms with Gasteiger partial charge in [-0.3, -0.25) is 4.79 Å². The van der Waals surface area contributed by atoms with E-state index in [-0.39, 0.29) is 5.69 Å². The first-order chi connectivity index (χ1) is 11.1. The Kier molecular flexibility index (Phi) is 4.01. The molecule has 0 atom stereocenters. The largest absolute Gasteiger partial charge is 0.360 e. The molecule has 0 spiro atoms. The van der Waals surface area contributed by atoms with E-state index in [1.807, 2.05) is 31.2 Å². The second-order valence-electron chi connectivity index (χ2n) is 5.05. The van der Waals surface area contributed by atoms with Crippen molar-refractivity contribution in [3.05, 3.63) is 59.7 Å². The van der Waals surface area contributed by atoms with E-state index in [1.54, 1.807) is 13.0 Å². The summed E-state index contributed by atoms with van der Waals surface area (Å²) in [5.74, 6) is 1.12. The third kappa shape index (κ3) is 3.70. The quantitative estimate of drug-likeness (QED) is 0.769. The second-order valence-corrected chi connectivity index (χ2v) is 5.05. The average molecular weight is 309 g/mol. The number of rotatable bonds is 4. The van der Waals surface area contributed by atoms with Gasteiger partial charge >= 0.3 is 0 Å². The summed E-state index contributed by atoms with van der Waals surface area (Å²) >= 11 is 0. The van der Waals surface area contributed by atoms with Gasteiger partial charge in [0.25, 0.3) is 5.91 Å². The molecule has 2 aromatic heterocycles. The molecule has 0 saturated heterocycles. The van der Waals surface area contributed by atoms with Crippen LogP contribution in [-0.4, -0.2) is 21.0 Å². The molecule has 0 aliphatic rings. The molecule has 7 nitrogen and oxygen atoms in total. The minimum Gasteiger partial charge on any atom is -0.360 e. The molecule has 2 heterocycles. The number of benzene rings is 1. The third-order valence-electron chi connectivity index (χ3n) is 3.08. The van der Waals surface area contributed by atoms with Crippen molar-refractivity contribution < 1.29 is 9.32 Å². The summed E-state index contributed by atoms with van der Waals surface area (Å²) in [5, 5.41) is 9.40. The number of nitrogens with one attached hydrogen (secondary N) is 2. The fraction of sp³-hybridized carbons (Fsp3) is 0.125. The van der Waals surface area contributed by atoms with Gasteiger partial charge in [0.05, 0.1) is 12.4 Å². The minimum absolute atomic E-state index is 0.195. The van der Waals surface area contributed by atoms with Crippen molar-refractivity contribution in [2.24, 2.45) is 0 Å². The minimum atomic E-state index is -0.396. The van der Waals surface area contributed by atoms with Crippen molar-refractivity contribution in [3.63, 3.8) is 0 Å². The third-order valence-corrected chi connectivity index (χ3v) is 3.08. The summed E-state index contributed by atoms with van der Waals surface area (Å²) < 4.78 is 4.88. The van der Waals surface area contributed by atoms with Crippen molar-refractivity contribution >= 4 is 23.2 Å². The van der Waals surface area contributed by atoms with Crippen LogP contribution in [0.25, 0.3) is 0 Å². The summed E-state index contributed by atoms with van der Waals surface area (Å²) in [6.07, 6.45) is 2.90. The SMILES string of the molecule is Cc1ccc(Nc2cnc(C(=O)Nc3cc(C)on3)cn2)cc1. The van der Waals surface area contributed by atoms with E-state index in [9.17, 15) is 4.79 Å².